The van der Waals surface area contributed by atoms with E-state index in [9.17, 15) is 9.59 Å². The average molecular weight is 549 g/mol. The van der Waals surface area contributed by atoms with Crippen LogP contribution in [-0.2, 0) is 20.5 Å². The van der Waals surface area contributed by atoms with E-state index in [4.69, 9.17) is 9.31 Å². The van der Waals surface area contributed by atoms with Gasteiger partial charge in [-0.25, -0.2) is 4.98 Å². The third kappa shape index (κ3) is 6.41. The Balaban J connectivity index is 1.55. The fourth-order valence-electron chi connectivity index (χ4n) is 6.12. The minimum atomic E-state index is -0.815. The Kier molecular flexibility index (Phi) is 9.05. The van der Waals surface area contributed by atoms with Gasteiger partial charge >= 0.3 is 7.12 Å². The molecule has 1 aliphatic heterocycles. The molecule has 2 aliphatic rings. The van der Waals surface area contributed by atoms with E-state index in [2.05, 4.69) is 69.1 Å². The number of amides is 2. The molecular weight excluding hydrogens is 503 g/mol. The first-order chi connectivity index (χ1) is 18.8. The van der Waals surface area contributed by atoms with Gasteiger partial charge in [0, 0.05) is 12.6 Å². The van der Waals surface area contributed by atoms with Crippen molar-refractivity contribution in [3.8, 4) is 0 Å². The molecule has 1 aliphatic carbocycles. The molecule has 1 aromatic carbocycles. The summed E-state index contributed by atoms with van der Waals surface area (Å²) in [7, 11) is -0.569. The standard InChI is InChI=1S/C31H45BN4O4/c1-19(2)14-27(32-39-26-15-20(3)30(6,7)22(5)31(26,8)40-32)36-28(37)24(16-23-12-10-9-11-13-23)35-29(38)25-18-33-21(4)17-34-25/h9-13,17-20,22,24,26-27H,14-16H2,1-8H3,(H,35,38)(H,36,37)/t20-,22-,24-,26+,27-,31-/m0/s1. The molecule has 1 aromatic heterocycles. The Morgan fingerprint density at radius 3 is 2.40 bits per heavy atom. The number of aromatic nitrogens is 2. The van der Waals surface area contributed by atoms with Crippen molar-refractivity contribution in [1.29, 1.82) is 0 Å². The molecule has 2 aromatic rings. The first-order valence-corrected chi connectivity index (χ1v) is 14.6. The van der Waals surface area contributed by atoms with Crippen LogP contribution >= 0.6 is 0 Å². The maximum Gasteiger partial charge on any atom is 0.481 e. The Bertz CT molecular complexity index is 1180. The van der Waals surface area contributed by atoms with Crippen molar-refractivity contribution in [3.63, 3.8) is 0 Å². The van der Waals surface area contributed by atoms with Crippen molar-refractivity contribution < 1.29 is 18.9 Å². The molecule has 40 heavy (non-hydrogen) atoms. The lowest BCUT2D eigenvalue weighted by Crippen LogP contribution is -2.57. The zero-order chi connectivity index (χ0) is 29.2. The summed E-state index contributed by atoms with van der Waals surface area (Å²) in [6.07, 6.45) is 4.86. The van der Waals surface area contributed by atoms with Crippen molar-refractivity contribution in [2.24, 2.45) is 23.2 Å². The number of rotatable bonds is 9. The minimum absolute atomic E-state index is 0.0398. The van der Waals surface area contributed by atoms with E-state index in [-0.39, 0.29) is 35.0 Å². The number of fused-ring (bicyclic) bond motifs is 1. The zero-order valence-electron chi connectivity index (χ0n) is 25.2. The third-order valence-electron chi connectivity index (χ3n) is 9.42. The second-order valence-electron chi connectivity index (χ2n) is 13.0. The molecule has 8 nitrogen and oxygen atoms in total. The third-order valence-corrected chi connectivity index (χ3v) is 9.42. The monoisotopic (exact) mass is 548 g/mol. The second kappa shape index (κ2) is 12.0. The fraction of sp³-hybridized carbons (Fsp3) is 0.613. The van der Waals surface area contributed by atoms with Crippen LogP contribution in [0, 0.1) is 30.1 Å². The molecule has 0 spiro atoms. The highest BCUT2D eigenvalue weighted by molar-refractivity contribution is 6.47. The molecule has 2 fully saturated rings. The number of benzene rings is 1. The predicted molar refractivity (Wildman–Crippen MR) is 156 cm³/mol. The first kappa shape index (κ1) is 30.2. The van der Waals surface area contributed by atoms with Crippen LogP contribution in [0.3, 0.4) is 0 Å². The number of hydrogen-bond donors (Lipinski definition) is 2. The van der Waals surface area contributed by atoms with Crippen molar-refractivity contribution in [2.75, 3.05) is 0 Å². The van der Waals surface area contributed by atoms with Crippen LogP contribution in [0.25, 0.3) is 0 Å². The van der Waals surface area contributed by atoms with E-state index in [1.54, 1.807) is 6.92 Å². The van der Waals surface area contributed by atoms with Crippen molar-refractivity contribution in [3.05, 3.63) is 59.7 Å². The molecule has 1 saturated carbocycles. The molecule has 0 unspecified atom stereocenters. The number of carbonyl (C=O) groups excluding carboxylic acids is 2. The number of nitrogens with zero attached hydrogens (tertiary/aromatic N) is 2. The molecule has 0 bridgehead atoms. The molecule has 4 rings (SSSR count). The van der Waals surface area contributed by atoms with Gasteiger partial charge in [0.2, 0.25) is 5.91 Å². The minimum Gasteiger partial charge on any atom is -0.404 e. The molecule has 1 saturated heterocycles. The van der Waals surface area contributed by atoms with Gasteiger partial charge in [-0.05, 0) is 55.4 Å². The van der Waals surface area contributed by atoms with Gasteiger partial charge < -0.3 is 19.9 Å². The lowest BCUT2D eigenvalue weighted by molar-refractivity contribution is -0.123. The van der Waals surface area contributed by atoms with E-state index in [1.165, 1.54) is 12.4 Å². The van der Waals surface area contributed by atoms with Gasteiger partial charge in [0.1, 0.15) is 11.7 Å². The number of nitrogens with one attached hydrogen (secondary N) is 2. The van der Waals surface area contributed by atoms with E-state index >= 15 is 0 Å². The van der Waals surface area contributed by atoms with Gasteiger partial charge in [-0.3, -0.25) is 14.6 Å². The second-order valence-corrected chi connectivity index (χ2v) is 13.0. The maximum absolute atomic E-state index is 13.9. The smallest absolute Gasteiger partial charge is 0.404 e. The Hall–Kier alpha value is -2.78. The average Bonchev–Trinajstić information content (AvgIpc) is 3.24. The highest BCUT2D eigenvalue weighted by atomic mass is 16.7. The Labute approximate surface area is 239 Å². The van der Waals surface area contributed by atoms with Crippen LogP contribution in [0.4, 0.5) is 0 Å². The van der Waals surface area contributed by atoms with Gasteiger partial charge in [0.15, 0.2) is 0 Å². The Morgan fingerprint density at radius 2 is 1.77 bits per heavy atom. The van der Waals surface area contributed by atoms with Gasteiger partial charge in [-0.1, -0.05) is 71.9 Å². The summed E-state index contributed by atoms with van der Waals surface area (Å²) in [6.45, 7) is 17.4. The quantitative estimate of drug-likeness (QED) is 0.446. The number of aryl methyl sites for hydroxylation is 1. The first-order valence-electron chi connectivity index (χ1n) is 14.6. The van der Waals surface area contributed by atoms with Crippen molar-refractivity contribution in [1.82, 2.24) is 20.6 Å². The van der Waals surface area contributed by atoms with E-state index < -0.39 is 24.7 Å². The Morgan fingerprint density at radius 1 is 1.07 bits per heavy atom. The molecule has 2 N–H and O–H groups in total. The van der Waals surface area contributed by atoms with Crippen LogP contribution in [0.2, 0.25) is 0 Å². The highest BCUT2D eigenvalue weighted by Gasteiger charge is 2.61. The summed E-state index contributed by atoms with van der Waals surface area (Å²) < 4.78 is 13.3. The maximum atomic E-state index is 13.9. The molecule has 6 atom stereocenters. The topological polar surface area (TPSA) is 102 Å². The summed E-state index contributed by atoms with van der Waals surface area (Å²) >= 11 is 0. The summed E-state index contributed by atoms with van der Waals surface area (Å²) in [5.74, 6) is -0.0373. The molecule has 2 heterocycles. The molecule has 216 valence electrons. The van der Waals surface area contributed by atoms with Crippen molar-refractivity contribution in [2.45, 2.75) is 98.3 Å². The van der Waals surface area contributed by atoms with E-state index in [0.717, 1.165) is 12.0 Å². The largest absolute Gasteiger partial charge is 0.481 e. The molecular formula is C31H45BN4O4. The summed E-state index contributed by atoms with van der Waals surface area (Å²) in [5.41, 5.74) is 1.48. The fourth-order valence-corrected chi connectivity index (χ4v) is 6.12. The molecule has 0 radical (unpaired) electrons. The number of carbonyl (C=O) groups is 2. The highest BCUT2D eigenvalue weighted by Crippen LogP contribution is 2.54. The van der Waals surface area contributed by atoms with Crippen LogP contribution in [0.15, 0.2) is 42.7 Å². The zero-order valence-corrected chi connectivity index (χ0v) is 25.2. The molecule has 9 heteroatoms. The lowest BCUT2D eigenvalue weighted by Gasteiger charge is -2.53. The SMILES string of the molecule is Cc1cnc(C(=O)N[C@@H](Cc2ccccc2)C(=O)N[C@@H](CC(C)C)B2O[C@@H]3C[C@H](C)C(C)(C)[C@H](C)[C@]3(C)O2)cn1. The van der Waals surface area contributed by atoms with E-state index in [1.807, 2.05) is 30.3 Å². The van der Waals surface area contributed by atoms with E-state index in [0.29, 0.717) is 30.4 Å². The van der Waals surface area contributed by atoms with Gasteiger partial charge in [-0.2, -0.15) is 0 Å². The van der Waals surface area contributed by atoms with Crippen LogP contribution in [-0.4, -0.2) is 52.6 Å². The van der Waals surface area contributed by atoms with Crippen LogP contribution < -0.4 is 10.6 Å². The summed E-state index contributed by atoms with van der Waals surface area (Å²) in [6, 6.07) is 8.85. The summed E-state index contributed by atoms with van der Waals surface area (Å²) in [4.78, 5) is 35.3. The van der Waals surface area contributed by atoms with Crippen LogP contribution in [0.5, 0.6) is 0 Å². The predicted octanol–water partition coefficient (Wildman–Crippen LogP) is 4.56. The normalized spacial score (nSPS) is 27.1. The lowest BCUT2D eigenvalue weighted by atomic mass is 9.57. The van der Waals surface area contributed by atoms with Gasteiger partial charge in [-0.15, -0.1) is 0 Å². The van der Waals surface area contributed by atoms with Crippen LogP contribution in [0.1, 0.15) is 83.1 Å². The van der Waals surface area contributed by atoms with Crippen molar-refractivity contribution >= 4 is 18.9 Å². The molecule has 2 amide bonds. The summed E-state index contributed by atoms with van der Waals surface area (Å²) in [5, 5.41) is 6.11. The van der Waals surface area contributed by atoms with Gasteiger partial charge in [0.25, 0.3) is 5.91 Å². The number of hydrogen-bond acceptors (Lipinski definition) is 6. The van der Waals surface area contributed by atoms with Gasteiger partial charge in [0.05, 0.1) is 29.5 Å².